The Kier molecular flexibility index (Phi) is 4.03. The Labute approximate surface area is 112 Å². The lowest BCUT2D eigenvalue weighted by atomic mass is 10.1. The van der Waals surface area contributed by atoms with Crippen LogP contribution in [0.3, 0.4) is 0 Å². The highest BCUT2D eigenvalue weighted by molar-refractivity contribution is 5.89. The summed E-state index contributed by atoms with van der Waals surface area (Å²) in [6, 6.07) is 6.86. The van der Waals surface area contributed by atoms with E-state index in [0.717, 1.165) is 38.3 Å². The average Bonchev–Trinajstić information content (AvgIpc) is 2.62. The molecule has 1 fully saturated rings. The van der Waals surface area contributed by atoms with E-state index in [1.807, 2.05) is 0 Å². The van der Waals surface area contributed by atoms with Crippen molar-refractivity contribution in [1.82, 2.24) is 4.90 Å². The smallest absolute Gasteiger partial charge is 0.335 e. The van der Waals surface area contributed by atoms with Crippen LogP contribution in [0.5, 0.6) is 0 Å². The van der Waals surface area contributed by atoms with Crippen molar-refractivity contribution in [1.29, 1.82) is 5.26 Å². The molecule has 1 saturated heterocycles. The first kappa shape index (κ1) is 13.4. The van der Waals surface area contributed by atoms with Crippen LogP contribution in [0, 0.1) is 11.3 Å². The summed E-state index contributed by atoms with van der Waals surface area (Å²) in [6.07, 6.45) is 1.04. The third-order valence-corrected chi connectivity index (χ3v) is 3.42. The van der Waals surface area contributed by atoms with Gasteiger partial charge in [0.1, 0.15) is 6.07 Å². The van der Waals surface area contributed by atoms with Gasteiger partial charge in [-0.1, -0.05) is 0 Å². The molecule has 100 valence electrons. The molecule has 1 aromatic rings. The summed E-state index contributed by atoms with van der Waals surface area (Å²) < 4.78 is 0. The van der Waals surface area contributed by atoms with Gasteiger partial charge in [-0.05, 0) is 38.2 Å². The molecule has 0 atom stereocenters. The predicted octanol–water partition coefficient (Wildman–Crippen LogP) is 1.40. The largest absolute Gasteiger partial charge is 0.478 e. The number of aromatic carboxylic acids is 1. The molecular weight excluding hydrogens is 242 g/mol. The Morgan fingerprint density at radius 3 is 2.79 bits per heavy atom. The fourth-order valence-corrected chi connectivity index (χ4v) is 2.32. The maximum Gasteiger partial charge on any atom is 0.335 e. The lowest BCUT2D eigenvalue weighted by Crippen LogP contribution is -2.29. The molecule has 0 aromatic heterocycles. The number of nitrogens with zero attached hydrogens (tertiary/aromatic N) is 3. The zero-order valence-electron chi connectivity index (χ0n) is 11.0. The van der Waals surface area contributed by atoms with Gasteiger partial charge in [0.25, 0.3) is 0 Å². The van der Waals surface area contributed by atoms with Crippen LogP contribution >= 0.6 is 0 Å². The van der Waals surface area contributed by atoms with Gasteiger partial charge in [-0.2, -0.15) is 5.26 Å². The van der Waals surface area contributed by atoms with Gasteiger partial charge in [0.15, 0.2) is 0 Å². The first-order valence-electron chi connectivity index (χ1n) is 6.33. The van der Waals surface area contributed by atoms with Gasteiger partial charge in [-0.25, -0.2) is 4.79 Å². The molecule has 2 rings (SSSR count). The monoisotopic (exact) mass is 259 g/mol. The molecular formula is C14H17N3O2. The third kappa shape index (κ3) is 3.04. The number of nitriles is 1. The van der Waals surface area contributed by atoms with Crippen molar-refractivity contribution in [2.24, 2.45) is 0 Å². The van der Waals surface area contributed by atoms with Gasteiger partial charge in [-0.3, -0.25) is 0 Å². The molecule has 0 aliphatic carbocycles. The van der Waals surface area contributed by atoms with E-state index in [1.165, 1.54) is 6.07 Å². The molecule has 1 N–H and O–H groups in total. The minimum atomic E-state index is -1.00. The van der Waals surface area contributed by atoms with Crippen LogP contribution in [0.4, 0.5) is 5.69 Å². The number of carboxylic acids is 1. The fraction of sp³-hybridized carbons (Fsp3) is 0.429. The summed E-state index contributed by atoms with van der Waals surface area (Å²) in [7, 11) is 2.09. The second kappa shape index (κ2) is 5.72. The molecule has 1 aliphatic rings. The minimum Gasteiger partial charge on any atom is -0.478 e. The Bertz CT molecular complexity index is 522. The highest BCUT2D eigenvalue weighted by Crippen LogP contribution is 2.22. The second-order valence-electron chi connectivity index (χ2n) is 4.79. The fourth-order valence-electron chi connectivity index (χ4n) is 2.32. The number of carbonyl (C=O) groups is 1. The van der Waals surface area contributed by atoms with Crippen molar-refractivity contribution in [2.75, 3.05) is 38.1 Å². The SMILES string of the molecule is CN1CCCN(c2ccc(C(=O)O)cc2C#N)CC1. The molecule has 5 heteroatoms. The summed E-state index contributed by atoms with van der Waals surface area (Å²) in [6.45, 7) is 3.75. The van der Waals surface area contributed by atoms with Gasteiger partial charge >= 0.3 is 5.97 Å². The Hall–Kier alpha value is -2.06. The van der Waals surface area contributed by atoms with Crippen molar-refractivity contribution >= 4 is 11.7 Å². The van der Waals surface area contributed by atoms with Crippen LogP contribution in [-0.4, -0.2) is 49.2 Å². The van der Waals surface area contributed by atoms with Crippen molar-refractivity contribution in [3.05, 3.63) is 29.3 Å². The molecule has 0 unspecified atom stereocenters. The second-order valence-corrected chi connectivity index (χ2v) is 4.79. The summed E-state index contributed by atoms with van der Waals surface area (Å²) in [5.41, 5.74) is 1.43. The molecule has 0 amide bonds. The summed E-state index contributed by atoms with van der Waals surface area (Å²) >= 11 is 0. The van der Waals surface area contributed by atoms with Crippen LogP contribution < -0.4 is 4.90 Å². The van der Waals surface area contributed by atoms with Crippen LogP contribution in [0.2, 0.25) is 0 Å². The summed E-state index contributed by atoms with van der Waals surface area (Å²) in [5, 5.41) is 18.2. The van der Waals surface area contributed by atoms with Crippen molar-refractivity contribution in [3.63, 3.8) is 0 Å². The number of hydrogen-bond acceptors (Lipinski definition) is 4. The first-order valence-corrected chi connectivity index (χ1v) is 6.33. The predicted molar refractivity (Wildman–Crippen MR) is 72.4 cm³/mol. The van der Waals surface area contributed by atoms with Gasteiger partial charge in [-0.15, -0.1) is 0 Å². The quantitative estimate of drug-likeness (QED) is 0.869. The lowest BCUT2D eigenvalue weighted by Gasteiger charge is -2.24. The molecule has 0 saturated carbocycles. The molecule has 0 radical (unpaired) electrons. The molecule has 0 spiro atoms. The minimum absolute atomic E-state index is 0.159. The number of likely N-dealkylation sites (N-methyl/N-ethyl adjacent to an activating group) is 1. The topological polar surface area (TPSA) is 67.6 Å². The lowest BCUT2D eigenvalue weighted by molar-refractivity contribution is 0.0697. The number of hydrogen-bond donors (Lipinski definition) is 1. The number of rotatable bonds is 2. The Balaban J connectivity index is 2.29. The molecule has 0 bridgehead atoms. The standard InChI is InChI=1S/C14H17N3O2/c1-16-5-2-6-17(8-7-16)13-4-3-11(14(18)19)9-12(13)10-15/h3-4,9H,2,5-8H2,1H3,(H,18,19). The number of benzene rings is 1. The van der Waals surface area contributed by atoms with Crippen LogP contribution in [0.15, 0.2) is 18.2 Å². The van der Waals surface area contributed by atoms with Gasteiger partial charge in [0.05, 0.1) is 16.8 Å². The Morgan fingerprint density at radius 2 is 2.11 bits per heavy atom. The normalized spacial score (nSPS) is 16.7. The van der Waals surface area contributed by atoms with Crippen LogP contribution in [-0.2, 0) is 0 Å². The van der Waals surface area contributed by atoms with Gasteiger partial charge in [0.2, 0.25) is 0 Å². The van der Waals surface area contributed by atoms with E-state index < -0.39 is 5.97 Å². The summed E-state index contributed by atoms with van der Waals surface area (Å²) in [5.74, 6) is -1.00. The van der Waals surface area contributed by atoms with Crippen LogP contribution in [0.25, 0.3) is 0 Å². The maximum atomic E-state index is 10.9. The van der Waals surface area contributed by atoms with Gasteiger partial charge < -0.3 is 14.9 Å². The van der Waals surface area contributed by atoms with E-state index in [4.69, 9.17) is 5.11 Å². The number of carboxylic acid groups (broad SMARTS) is 1. The zero-order valence-corrected chi connectivity index (χ0v) is 11.0. The van der Waals surface area contributed by atoms with E-state index >= 15 is 0 Å². The average molecular weight is 259 g/mol. The Morgan fingerprint density at radius 1 is 1.32 bits per heavy atom. The van der Waals surface area contributed by atoms with E-state index in [0.29, 0.717) is 5.56 Å². The molecule has 19 heavy (non-hydrogen) atoms. The van der Waals surface area contributed by atoms with E-state index in [1.54, 1.807) is 12.1 Å². The summed E-state index contributed by atoms with van der Waals surface area (Å²) in [4.78, 5) is 15.3. The molecule has 1 aliphatic heterocycles. The van der Waals surface area contributed by atoms with E-state index in [9.17, 15) is 10.1 Å². The van der Waals surface area contributed by atoms with E-state index in [2.05, 4.69) is 22.9 Å². The molecule has 1 heterocycles. The van der Waals surface area contributed by atoms with E-state index in [-0.39, 0.29) is 5.56 Å². The first-order chi connectivity index (χ1) is 9.11. The highest BCUT2D eigenvalue weighted by atomic mass is 16.4. The van der Waals surface area contributed by atoms with Gasteiger partial charge in [0, 0.05) is 19.6 Å². The molecule has 1 aromatic carbocycles. The van der Waals surface area contributed by atoms with Crippen molar-refractivity contribution in [3.8, 4) is 6.07 Å². The molecule has 5 nitrogen and oxygen atoms in total. The van der Waals surface area contributed by atoms with Crippen molar-refractivity contribution in [2.45, 2.75) is 6.42 Å². The third-order valence-electron chi connectivity index (χ3n) is 3.42. The van der Waals surface area contributed by atoms with Crippen molar-refractivity contribution < 1.29 is 9.90 Å². The maximum absolute atomic E-state index is 10.9. The van der Waals surface area contributed by atoms with Crippen LogP contribution in [0.1, 0.15) is 22.3 Å². The highest BCUT2D eigenvalue weighted by Gasteiger charge is 2.16. The zero-order chi connectivity index (χ0) is 13.8. The number of anilines is 1.